The normalized spacial score (nSPS) is 15.1. The second-order valence-electron chi connectivity index (χ2n) is 7.35. The minimum Gasteiger partial charge on any atom is -0.340 e. The van der Waals surface area contributed by atoms with Crippen LogP contribution in [0.25, 0.3) is 0 Å². The number of carbonyl (C=O) groups excluding carboxylic acids is 2. The second kappa shape index (κ2) is 9.30. The van der Waals surface area contributed by atoms with Crippen molar-refractivity contribution in [3.63, 3.8) is 0 Å². The fourth-order valence-corrected chi connectivity index (χ4v) is 3.45. The number of nitrogens with zero attached hydrogens (tertiary/aromatic N) is 3. The average Bonchev–Trinajstić information content (AvgIpc) is 2.74. The molecule has 0 unspecified atom stereocenters. The molecule has 0 radical (unpaired) electrons. The zero-order valence-electron chi connectivity index (χ0n) is 16.7. The number of rotatable bonds is 5. The zero-order valence-corrected chi connectivity index (χ0v) is 16.7. The van der Waals surface area contributed by atoms with Crippen LogP contribution in [0.1, 0.15) is 21.5 Å². The van der Waals surface area contributed by atoms with Crippen LogP contribution in [0.15, 0.2) is 54.6 Å². The minimum absolute atomic E-state index is 0.0407. The van der Waals surface area contributed by atoms with Crippen molar-refractivity contribution in [1.82, 2.24) is 14.7 Å². The summed E-state index contributed by atoms with van der Waals surface area (Å²) in [6, 6.07) is 14.5. The van der Waals surface area contributed by atoms with Crippen molar-refractivity contribution in [1.29, 1.82) is 0 Å². The molecule has 0 aliphatic carbocycles. The Morgan fingerprint density at radius 2 is 1.53 bits per heavy atom. The number of carbonyl (C=O) groups is 2. The molecule has 1 aliphatic rings. The van der Waals surface area contributed by atoms with Gasteiger partial charge in [0.25, 0.3) is 5.91 Å². The van der Waals surface area contributed by atoms with E-state index in [1.165, 1.54) is 23.1 Å². The molecule has 3 rings (SSSR count). The molecule has 2 aromatic carbocycles. The Bertz CT molecular complexity index is 879. The standard InChI is InChI=1S/C22H24F3N3O2/c1-26(15-17-7-3-2-4-8-17)20(29)16-27-11-13-28(14-12-27)21(30)18-9-5-6-10-19(18)22(23,24)25/h2-10H,11-16H2,1H3. The highest BCUT2D eigenvalue weighted by Crippen LogP contribution is 2.32. The maximum absolute atomic E-state index is 13.2. The van der Waals surface area contributed by atoms with E-state index in [1.54, 1.807) is 11.9 Å². The van der Waals surface area contributed by atoms with Crippen LogP contribution in [0.2, 0.25) is 0 Å². The van der Waals surface area contributed by atoms with E-state index in [9.17, 15) is 22.8 Å². The van der Waals surface area contributed by atoms with Crippen molar-refractivity contribution in [3.05, 3.63) is 71.3 Å². The first-order valence-corrected chi connectivity index (χ1v) is 9.71. The summed E-state index contributed by atoms with van der Waals surface area (Å²) >= 11 is 0. The topological polar surface area (TPSA) is 43.9 Å². The lowest BCUT2D eigenvalue weighted by Crippen LogP contribution is -2.51. The number of hydrogen-bond acceptors (Lipinski definition) is 3. The van der Waals surface area contributed by atoms with Gasteiger partial charge in [0.15, 0.2) is 0 Å². The highest BCUT2D eigenvalue weighted by molar-refractivity contribution is 5.96. The smallest absolute Gasteiger partial charge is 0.340 e. The summed E-state index contributed by atoms with van der Waals surface area (Å²) in [5.41, 5.74) is -0.223. The van der Waals surface area contributed by atoms with Gasteiger partial charge in [-0.15, -0.1) is 0 Å². The van der Waals surface area contributed by atoms with Crippen molar-refractivity contribution >= 4 is 11.8 Å². The molecule has 0 bridgehead atoms. The molecule has 0 spiro atoms. The van der Waals surface area contributed by atoms with Crippen LogP contribution < -0.4 is 0 Å². The van der Waals surface area contributed by atoms with E-state index in [2.05, 4.69) is 0 Å². The molecular weight excluding hydrogens is 395 g/mol. The third-order valence-electron chi connectivity index (χ3n) is 5.17. The predicted octanol–water partition coefficient (Wildman–Crippen LogP) is 3.12. The molecule has 8 heteroatoms. The molecule has 30 heavy (non-hydrogen) atoms. The largest absolute Gasteiger partial charge is 0.417 e. The summed E-state index contributed by atoms with van der Waals surface area (Å²) in [6.07, 6.45) is -4.58. The Morgan fingerprint density at radius 3 is 2.17 bits per heavy atom. The lowest BCUT2D eigenvalue weighted by molar-refractivity contribution is -0.138. The van der Waals surface area contributed by atoms with Gasteiger partial charge >= 0.3 is 6.18 Å². The van der Waals surface area contributed by atoms with E-state index in [1.807, 2.05) is 35.2 Å². The SMILES string of the molecule is CN(Cc1ccccc1)C(=O)CN1CCN(C(=O)c2ccccc2C(F)(F)F)CC1. The maximum atomic E-state index is 13.2. The number of piperazine rings is 1. The van der Waals surface area contributed by atoms with Crippen molar-refractivity contribution in [2.75, 3.05) is 39.8 Å². The fourth-order valence-electron chi connectivity index (χ4n) is 3.45. The fraction of sp³-hybridized carbons (Fsp3) is 0.364. The van der Waals surface area contributed by atoms with E-state index in [4.69, 9.17) is 0 Å². The predicted molar refractivity (Wildman–Crippen MR) is 107 cm³/mol. The van der Waals surface area contributed by atoms with Crippen LogP contribution in [0.5, 0.6) is 0 Å². The number of alkyl halides is 3. The summed E-state index contributed by atoms with van der Waals surface area (Å²) in [5.74, 6) is -0.670. The van der Waals surface area contributed by atoms with Crippen molar-refractivity contribution in [3.8, 4) is 0 Å². The van der Waals surface area contributed by atoms with E-state index < -0.39 is 17.6 Å². The van der Waals surface area contributed by atoms with E-state index in [-0.39, 0.29) is 31.1 Å². The third kappa shape index (κ3) is 5.38. The number of benzene rings is 2. The van der Waals surface area contributed by atoms with Crippen LogP contribution in [0.4, 0.5) is 13.2 Å². The molecule has 0 atom stereocenters. The molecule has 0 saturated carbocycles. The van der Waals surface area contributed by atoms with E-state index in [0.29, 0.717) is 19.6 Å². The number of halogens is 3. The lowest BCUT2D eigenvalue weighted by atomic mass is 10.1. The minimum atomic E-state index is -4.58. The summed E-state index contributed by atoms with van der Waals surface area (Å²) in [5, 5.41) is 0. The molecule has 1 saturated heterocycles. The van der Waals surface area contributed by atoms with Crippen molar-refractivity contribution < 1.29 is 22.8 Å². The van der Waals surface area contributed by atoms with E-state index in [0.717, 1.165) is 11.6 Å². The first-order valence-electron chi connectivity index (χ1n) is 9.71. The van der Waals surface area contributed by atoms with Gasteiger partial charge in [-0.05, 0) is 17.7 Å². The third-order valence-corrected chi connectivity index (χ3v) is 5.17. The molecular formula is C22H24F3N3O2. The Kier molecular flexibility index (Phi) is 6.77. The Labute approximate surface area is 173 Å². The Morgan fingerprint density at radius 1 is 0.933 bits per heavy atom. The monoisotopic (exact) mass is 419 g/mol. The van der Waals surface area contributed by atoms with Gasteiger partial charge in [-0.1, -0.05) is 42.5 Å². The maximum Gasteiger partial charge on any atom is 0.417 e. The average molecular weight is 419 g/mol. The molecule has 160 valence electrons. The second-order valence-corrected chi connectivity index (χ2v) is 7.35. The van der Waals surface area contributed by atoms with Gasteiger partial charge in [0.2, 0.25) is 5.91 Å². The quantitative estimate of drug-likeness (QED) is 0.748. The van der Waals surface area contributed by atoms with Crippen LogP contribution in [0, 0.1) is 0 Å². The van der Waals surface area contributed by atoms with Crippen LogP contribution in [-0.2, 0) is 17.5 Å². The Hall–Kier alpha value is -2.87. The lowest BCUT2D eigenvalue weighted by Gasteiger charge is -2.35. The molecule has 0 N–H and O–H groups in total. The number of likely N-dealkylation sites (N-methyl/N-ethyl adjacent to an activating group) is 1. The van der Waals surface area contributed by atoms with Gasteiger partial charge in [-0.25, -0.2) is 0 Å². The van der Waals surface area contributed by atoms with Gasteiger partial charge in [-0.2, -0.15) is 13.2 Å². The molecule has 5 nitrogen and oxygen atoms in total. The first-order chi connectivity index (χ1) is 14.3. The van der Waals surface area contributed by atoms with Gasteiger partial charge in [0.05, 0.1) is 17.7 Å². The van der Waals surface area contributed by atoms with E-state index >= 15 is 0 Å². The van der Waals surface area contributed by atoms with Crippen LogP contribution in [-0.4, -0.2) is 66.3 Å². The van der Waals surface area contributed by atoms with Crippen molar-refractivity contribution in [2.45, 2.75) is 12.7 Å². The highest BCUT2D eigenvalue weighted by Gasteiger charge is 2.36. The summed E-state index contributed by atoms with van der Waals surface area (Å²) in [4.78, 5) is 30.1. The molecule has 1 aliphatic heterocycles. The highest BCUT2D eigenvalue weighted by atomic mass is 19.4. The van der Waals surface area contributed by atoms with Gasteiger partial charge in [0.1, 0.15) is 0 Å². The Balaban J connectivity index is 1.54. The number of amides is 2. The molecule has 1 heterocycles. The van der Waals surface area contributed by atoms with Crippen LogP contribution >= 0.6 is 0 Å². The zero-order chi connectivity index (χ0) is 21.7. The van der Waals surface area contributed by atoms with Gasteiger partial charge in [-0.3, -0.25) is 14.5 Å². The van der Waals surface area contributed by atoms with Crippen LogP contribution in [0.3, 0.4) is 0 Å². The molecule has 2 aromatic rings. The van der Waals surface area contributed by atoms with Gasteiger partial charge < -0.3 is 9.80 Å². The number of hydrogen-bond donors (Lipinski definition) is 0. The molecule has 1 fully saturated rings. The molecule has 2 amide bonds. The van der Waals surface area contributed by atoms with Gasteiger partial charge in [0, 0.05) is 39.8 Å². The summed E-state index contributed by atoms with van der Waals surface area (Å²) in [7, 11) is 1.74. The van der Waals surface area contributed by atoms with Crippen molar-refractivity contribution in [2.24, 2.45) is 0 Å². The first kappa shape index (κ1) is 21.8. The molecule has 0 aromatic heterocycles. The summed E-state index contributed by atoms with van der Waals surface area (Å²) in [6.45, 7) is 2.15. The summed E-state index contributed by atoms with van der Waals surface area (Å²) < 4.78 is 39.6.